The summed E-state index contributed by atoms with van der Waals surface area (Å²) in [4.78, 5) is 26.9. The van der Waals surface area contributed by atoms with E-state index < -0.39 is 18.5 Å². The number of hydrogen-bond acceptors (Lipinski definition) is 4. The van der Waals surface area contributed by atoms with Gasteiger partial charge in [0.1, 0.15) is 11.9 Å². The smallest absolute Gasteiger partial charge is 0.406 e. The lowest BCUT2D eigenvalue weighted by molar-refractivity contribution is -0.274. The molecule has 3 atom stereocenters. The van der Waals surface area contributed by atoms with Gasteiger partial charge in [-0.15, -0.1) is 13.2 Å². The number of nitrogens with one attached hydrogen (secondary N) is 1. The molecule has 0 aromatic heterocycles. The van der Waals surface area contributed by atoms with Crippen LogP contribution in [-0.2, 0) is 4.79 Å². The Morgan fingerprint density at radius 3 is 2.48 bits per heavy atom. The van der Waals surface area contributed by atoms with Crippen molar-refractivity contribution in [3.05, 3.63) is 24.3 Å². The van der Waals surface area contributed by atoms with Crippen molar-refractivity contribution in [3.8, 4) is 5.75 Å². The quantitative estimate of drug-likeness (QED) is 0.833. The highest BCUT2D eigenvalue weighted by Gasteiger charge is 2.51. The molecule has 136 valence electrons. The number of halogens is 3. The first-order chi connectivity index (χ1) is 11.7. The molecule has 7 nitrogen and oxygen atoms in total. The Bertz CT molecular complexity index is 660. The summed E-state index contributed by atoms with van der Waals surface area (Å²) in [5.41, 5.74) is 0.307. The third-order valence-corrected chi connectivity index (χ3v) is 4.46. The van der Waals surface area contributed by atoms with E-state index >= 15 is 0 Å². The molecule has 10 heteroatoms. The highest BCUT2D eigenvalue weighted by molar-refractivity contribution is 5.90. The zero-order chi connectivity index (χ0) is 18.4. The van der Waals surface area contributed by atoms with E-state index in [1.54, 1.807) is 7.05 Å². The predicted octanol–water partition coefficient (Wildman–Crippen LogP) is 1.25. The number of anilines is 1. The molecule has 0 bridgehead atoms. The Balaban J connectivity index is 1.59. The second kappa shape index (κ2) is 6.10. The monoisotopic (exact) mass is 359 g/mol. The number of amides is 3. The number of ether oxygens (including phenoxy) is 1. The molecule has 3 amide bonds. The zero-order valence-electron chi connectivity index (χ0n) is 13.2. The van der Waals surface area contributed by atoms with E-state index in [-0.39, 0.29) is 36.7 Å². The van der Waals surface area contributed by atoms with Gasteiger partial charge in [-0.1, -0.05) is 0 Å². The van der Waals surface area contributed by atoms with Crippen LogP contribution in [0.25, 0.3) is 0 Å². The fraction of sp³-hybridized carbons (Fsp3) is 0.467. The Morgan fingerprint density at radius 1 is 1.28 bits per heavy atom. The second-order valence-electron chi connectivity index (χ2n) is 6.03. The van der Waals surface area contributed by atoms with Crippen LogP contribution in [-0.4, -0.2) is 65.5 Å². The second-order valence-corrected chi connectivity index (χ2v) is 6.03. The molecule has 0 aliphatic carbocycles. The van der Waals surface area contributed by atoms with Gasteiger partial charge in [0.25, 0.3) is 5.91 Å². The Kier molecular flexibility index (Phi) is 4.23. The molecular weight excluding hydrogens is 343 g/mol. The van der Waals surface area contributed by atoms with Crippen molar-refractivity contribution in [2.75, 3.05) is 25.5 Å². The highest BCUT2D eigenvalue weighted by atomic mass is 19.4. The van der Waals surface area contributed by atoms with Gasteiger partial charge in [-0.25, -0.2) is 4.79 Å². The molecule has 1 aromatic rings. The topological polar surface area (TPSA) is 82.1 Å². The van der Waals surface area contributed by atoms with E-state index in [2.05, 4.69) is 10.1 Å². The molecule has 2 fully saturated rings. The number of rotatable bonds is 2. The third-order valence-electron chi connectivity index (χ3n) is 4.46. The van der Waals surface area contributed by atoms with Crippen molar-refractivity contribution in [3.63, 3.8) is 0 Å². The van der Waals surface area contributed by atoms with Crippen LogP contribution in [0.5, 0.6) is 5.75 Å². The first kappa shape index (κ1) is 17.3. The van der Waals surface area contributed by atoms with Gasteiger partial charge < -0.3 is 25.0 Å². The van der Waals surface area contributed by atoms with Crippen LogP contribution in [0, 0.1) is 5.92 Å². The van der Waals surface area contributed by atoms with Crippen molar-refractivity contribution < 1.29 is 32.6 Å². The van der Waals surface area contributed by atoms with Crippen molar-refractivity contribution >= 4 is 17.6 Å². The average Bonchev–Trinajstić information content (AvgIpc) is 3.05. The average molecular weight is 359 g/mol. The molecule has 0 saturated carbocycles. The lowest BCUT2D eigenvalue weighted by Crippen LogP contribution is -2.40. The molecule has 1 aromatic carbocycles. The standard InChI is InChI=1S/C15H16F3N3O4/c1-20-11-7-21(6-10(11)12(22)13(20)23)14(24)19-8-2-4-9(5-3-8)25-15(16,17)18/h2-5,10-12,22H,6-7H2,1H3,(H,19,24)/t10-,11+,12-/m0/s1. The maximum atomic E-state index is 12.3. The van der Waals surface area contributed by atoms with Crippen LogP contribution >= 0.6 is 0 Å². The number of alkyl halides is 3. The number of carbonyl (C=O) groups is 2. The number of aliphatic hydroxyl groups excluding tert-OH is 1. The molecule has 0 spiro atoms. The van der Waals surface area contributed by atoms with Gasteiger partial charge in [-0.05, 0) is 24.3 Å². The summed E-state index contributed by atoms with van der Waals surface area (Å²) in [7, 11) is 1.58. The van der Waals surface area contributed by atoms with E-state index in [4.69, 9.17) is 0 Å². The van der Waals surface area contributed by atoms with E-state index in [1.165, 1.54) is 21.9 Å². The fourth-order valence-corrected chi connectivity index (χ4v) is 3.20. The summed E-state index contributed by atoms with van der Waals surface area (Å²) < 4.78 is 40.1. The molecule has 2 saturated heterocycles. The van der Waals surface area contributed by atoms with Crippen molar-refractivity contribution in [2.45, 2.75) is 18.5 Å². The number of benzene rings is 1. The van der Waals surface area contributed by atoms with Gasteiger partial charge in [-0.2, -0.15) is 0 Å². The summed E-state index contributed by atoms with van der Waals surface area (Å²) >= 11 is 0. The number of hydrogen-bond donors (Lipinski definition) is 2. The molecule has 0 radical (unpaired) electrons. The largest absolute Gasteiger partial charge is 0.573 e. The number of nitrogens with zero attached hydrogens (tertiary/aromatic N) is 2. The van der Waals surface area contributed by atoms with Crippen LogP contribution in [0.15, 0.2) is 24.3 Å². The number of urea groups is 1. The summed E-state index contributed by atoms with van der Waals surface area (Å²) in [6, 6.07) is 4.08. The normalized spacial score (nSPS) is 26.0. The Morgan fingerprint density at radius 2 is 1.92 bits per heavy atom. The molecule has 2 heterocycles. The van der Waals surface area contributed by atoms with E-state index in [1.807, 2.05) is 0 Å². The Labute approximate surface area is 141 Å². The molecule has 2 N–H and O–H groups in total. The first-order valence-corrected chi connectivity index (χ1v) is 7.52. The van der Waals surface area contributed by atoms with Crippen molar-refractivity contribution in [2.24, 2.45) is 5.92 Å². The molecule has 2 aliphatic heterocycles. The first-order valence-electron chi connectivity index (χ1n) is 7.52. The van der Waals surface area contributed by atoms with Gasteiger partial charge in [0, 0.05) is 31.7 Å². The summed E-state index contributed by atoms with van der Waals surface area (Å²) in [6.45, 7) is 0.508. The summed E-state index contributed by atoms with van der Waals surface area (Å²) in [6.07, 6.45) is -5.89. The van der Waals surface area contributed by atoms with Crippen molar-refractivity contribution in [1.29, 1.82) is 0 Å². The predicted molar refractivity (Wildman–Crippen MR) is 79.8 cm³/mol. The molecule has 2 aliphatic rings. The maximum Gasteiger partial charge on any atom is 0.573 e. The van der Waals surface area contributed by atoms with Crippen LogP contribution in [0.3, 0.4) is 0 Å². The maximum absolute atomic E-state index is 12.3. The van der Waals surface area contributed by atoms with Crippen LogP contribution in [0.2, 0.25) is 0 Å². The van der Waals surface area contributed by atoms with Gasteiger partial charge >= 0.3 is 12.4 Å². The Hall–Kier alpha value is -2.49. The minimum Gasteiger partial charge on any atom is -0.406 e. The summed E-state index contributed by atoms with van der Waals surface area (Å²) in [5, 5.41) is 12.5. The van der Waals surface area contributed by atoms with E-state index in [0.717, 1.165) is 12.1 Å². The molecule has 3 rings (SSSR count). The lowest BCUT2D eigenvalue weighted by atomic mass is 10.0. The lowest BCUT2D eigenvalue weighted by Gasteiger charge is -2.21. The number of aliphatic hydroxyl groups is 1. The van der Waals surface area contributed by atoms with Gasteiger partial charge in [0.05, 0.1) is 6.04 Å². The van der Waals surface area contributed by atoms with Crippen LogP contribution in [0.4, 0.5) is 23.7 Å². The van der Waals surface area contributed by atoms with Gasteiger partial charge in [0.2, 0.25) is 0 Å². The minimum atomic E-state index is -4.78. The van der Waals surface area contributed by atoms with Gasteiger partial charge in [-0.3, -0.25) is 4.79 Å². The number of carbonyl (C=O) groups excluding carboxylic acids is 2. The van der Waals surface area contributed by atoms with E-state index in [9.17, 15) is 27.9 Å². The van der Waals surface area contributed by atoms with Gasteiger partial charge in [0.15, 0.2) is 0 Å². The highest BCUT2D eigenvalue weighted by Crippen LogP contribution is 2.32. The van der Waals surface area contributed by atoms with Crippen LogP contribution in [0.1, 0.15) is 0 Å². The molecule has 0 unspecified atom stereocenters. The zero-order valence-corrected chi connectivity index (χ0v) is 13.2. The summed E-state index contributed by atoms with van der Waals surface area (Å²) in [5.74, 6) is -1.08. The van der Waals surface area contributed by atoms with Crippen LogP contribution < -0.4 is 10.1 Å². The number of likely N-dealkylation sites (N-methyl/N-ethyl adjacent to an activating group) is 1. The minimum absolute atomic E-state index is 0.225. The fourth-order valence-electron chi connectivity index (χ4n) is 3.20. The van der Waals surface area contributed by atoms with Crippen molar-refractivity contribution in [1.82, 2.24) is 9.80 Å². The molecule has 25 heavy (non-hydrogen) atoms. The SMILES string of the molecule is CN1C(=O)[C@@H](O)[C@H]2CN(C(=O)Nc3ccc(OC(F)(F)F)cc3)C[C@H]21. The molecular formula is C15H16F3N3O4. The van der Waals surface area contributed by atoms with E-state index in [0.29, 0.717) is 5.69 Å². The number of likely N-dealkylation sites (tertiary alicyclic amines) is 2. The third kappa shape index (κ3) is 3.48. The number of fused-ring (bicyclic) bond motifs is 1.